The van der Waals surface area contributed by atoms with Crippen molar-refractivity contribution in [1.29, 1.82) is 0 Å². The van der Waals surface area contributed by atoms with Crippen molar-refractivity contribution < 1.29 is 9.18 Å². The van der Waals surface area contributed by atoms with Crippen molar-refractivity contribution in [2.75, 3.05) is 31.1 Å². The number of carbonyl (C=O) groups is 1. The lowest BCUT2D eigenvalue weighted by molar-refractivity contribution is 0.191. The zero-order chi connectivity index (χ0) is 23.3. The number of hydrogen-bond acceptors (Lipinski definition) is 4. The van der Waals surface area contributed by atoms with Crippen molar-refractivity contribution in [3.05, 3.63) is 52.7 Å². The highest BCUT2D eigenvalue weighted by Gasteiger charge is 2.26. The zero-order valence-electron chi connectivity index (χ0n) is 20.0. The number of benzene rings is 1. The van der Waals surface area contributed by atoms with Gasteiger partial charge in [0.2, 0.25) is 0 Å². The molecule has 2 amide bonds. The first-order valence-corrected chi connectivity index (χ1v) is 11.8. The predicted octanol–water partition coefficient (Wildman–Crippen LogP) is 4.52. The Morgan fingerprint density at radius 1 is 1.09 bits per heavy atom. The molecule has 6 nitrogen and oxygen atoms in total. The summed E-state index contributed by atoms with van der Waals surface area (Å²) >= 11 is 0. The van der Waals surface area contributed by atoms with Gasteiger partial charge in [0.05, 0.1) is 0 Å². The van der Waals surface area contributed by atoms with Crippen LogP contribution in [0.15, 0.2) is 24.3 Å². The number of nitrogens with one attached hydrogen (secondary N) is 1. The average Bonchev–Trinajstić information content (AvgIpc) is 2.79. The van der Waals surface area contributed by atoms with Crippen LogP contribution in [0.4, 0.5) is 15.0 Å². The number of piperazine rings is 1. The molecule has 0 bridgehead atoms. The zero-order valence-corrected chi connectivity index (χ0v) is 20.0. The van der Waals surface area contributed by atoms with Gasteiger partial charge in [-0.05, 0) is 38.3 Å². The molecule has 2 heterocycles. The summed E-state index contributed by atoms with van der Waals surface area (Å²) in [5.41, 5.74) is 2.62. The van der Waals surface area contributed by atoms with Crippen molar-refractivity contribution >= 4 is 11.8 Å². The van der Waals surface area contributed by atoms with E-state index < -0.39 is 0 Å². The molecule has 0 saturated carbocycles. The van der Waals surface area contributed by atoms with E-state index in [9.17, 15) is 9.18 Å². The number of amides is 2. The van der Waals surface area contributed by atoms with Crippen LogP contribution in [-0.2, 0) is 12.8 Å². The highest BCUT2D eigenvalue weighted by Crippen LogP contribution is 2.29. The number of urea groups is 1. The van der Waals surface area contributed by atoms with Crippen molar-refractivity contribution in [3.8, 4) is 0 Å². The average molecular weight is 442 g/mol. The maximum atomic E-state index is 14.5. The van der Waals surface area contributed by atoms with Gasteiger partial charge in [-0.1, -0.05) is 39.0 Å². The molecule has 32 heavy (non-hydrogen) atoms. The van der Waals surface area contributed by atoms with Crippen LogP contribution in [-0.4, -0.2) is 53.1 Å². The van der Waals surface area contributed by atoms with Gasteiger partial charge in [0.1, 0.15) is 17.5 Å². The Bertz CT molecular complexity index is 925. The van der Waals surface area contributed by atoms with Crippen LogP contribution in [0.25, 0.3) is 0 Å². The van der Waals surface area contributed by atoms with Crippen LogP contribution >= 0.6 is 0 Å². The van der Waals surface area contributed by atoms with E-state index in [4.69, 9.17) is 9.97 Å². The number of hydrogen-bond donors (Lipinski definition) is 1. The Morgan fingerprint density at radius 2 is 1.78 bits per heavy atom. The van der Waals surface area contributed by atoms with Gasteiger partial charge in [0.25, 0.3) is 0 Å². The lowest BCUT2D eigenvalue weighted by Gasteiger charge is -2.37. The van der Waals surface area contributed by atoms with E-state index in [1.54, 1.807) is 6.07 Å². The molecule has 1 aromatic carbocycles. The summed E-state index contributed by atoms with van der Waals surface area (Å²) in [6.07, 6.45) is 2.18. The second-order valence-corrected chi connectivity index (χ2v) is 8.84. The number of nitrogens with zero attached hydrogens (tertiary/aromatic N) is 4. The van der Waals surface area contributed by atoms with Gasteiger partial charge in [0, 0.05) is 55.8 Å². The van der Waals surface area contributed by atoms with Crippen LogP contribution in [0.1, 0.15) is 69.6 Å². The van der Waals surface area contributed by atoms with Gasteiger partial charge in [-0.3, -0.25) is 0 Å². The van der Waals surface area contributed by atoms with Crippen LogP contribution in [0.3, 0.4) is 0 Å². The monoisotopic (exact) mass is 441 g/mol. The Kier molecular flexibility index (Phi) is 8.04. The second kappa shape index (κ2) is 10.7. The molecule has 0 aliphatic carbocycles. The third-order valence-electron chi connectivity index (χ3n) is 6.08. The van der Waals surface area contributed by atoms with E-state index in [0.29, 0.717) is 38.2 Å². The molecule has 1 N–H and O–H groups in total. The lowest BCUT2D eigenvalue weighted by Crippen LogP contribution is -2.53. The van der Waals surface area contributed by atoms with E-state index in [1.807, 2.05) is 30.9 Å². The van der Waals surface area contributed by atoms with Gasteiger partial charge >= 0.3 is 6.03 Å². The largest absolute Gasteiger partial charge is 0.353 e. The Morgan fingerprint density at radius 3 is 2.38 bits per heavy atom. The van der Waals surface area contributed by atoms with Crippen LogP contribution in [0.2, 0.25) is 0 Å². The van der Waals surface area contributed by atoms with Crippen LogP contribution in [0, 0.1) is 5.82 Å². The molecular weight excluding hydrogens is 405 g/mol. The quantitative estimate of drug-likeness (QED) is 0.686. The van der Waals surface area contributed by atoms with Crippen molar-refractivity contribution in [2.45, 2.75) is 65.8 Å². The minimum atomic E-state index is -0.207. The highest BCUT2D eigenvalue weighted by atomic mass is 19.1. The molecule has 0 unspecified atom stereocenters. The Balaban J connectivity index is 1.94. The molecule has 2 aromatic rings. The van der Waals surface area contributed by atoms with Gasteiger partial charge in [-0.15, -0.1) is 0 Å². The number of anilines is 1. The fraction of sp³-hybridized carbons (Fsp3) is 0.560. The summed E-state index contributed by atoms with van der Waals surface area (Å²) in [4.78, 5) is 26.4. The SMILES string of the molecule is CCc1nc([C@H](C)CC)nc(N2CCN(C(=O)NC(C)C)CC2)c1Cc1ccccc1F. The fourth-order valence-corrected chi connectivity index (χ4v) is 3.97. The molecule has 1 aromatic heterocycles. The van der Waals surface area contributed by atoms with Gasteiger partial charge in [0.15, 0.2) is 0 Å². The van der Waals surface area contributed by atoms with E-state index in [-0.39, 0.29) is 23.8 Å². The maximum absolute atomic E-state index is 14.5. The summed E-state index contributed by atoms with van der Waals surface area (Å²) in [6.45, 7) is 12.9. The van der Waals surface area contributed by atoms with Crippen molar-refractivity contribution in [3.63, 3.8) is 0 Å². The first kappa shape index (κ1) is 24.0. The third kappa shape index (κ3) is 5.56. The number of aryl methyl sites for hydroxylation is 1. The van der Waals surface area contributed by atoms with E-state index in [0.717, 1.165) is 35.7 Å². The normalized spacial score (nSPS) is 15.2. The van der Waals surface area contributed by atoms with E-state index in [2.05, 4.69) is 31.0 Å². The molecule has 1 aliphatic heterocycles. The van der Waals surface area contributed by atoms with Crippen molar-refractivity contribution in [2.24, 2.45) is 0 Å². The molecule has 1 aliphatic rings. The van der Waals surface area contributed by atoms with Crippen LogP contribution < -0.4 is 10.2 Å². The van der Waals surface area contributed by atoms with E-state index >= 15 is 0 Å². The summed E-state index contributed by atoms with van der Waals surface area (Å²) in [6, 6.07) is 6.99. The van der Waals surface area contributed by atoms with Crippen LogP contribution in [0.5, 0.6) is 0 Å². The lowest BCUT2D eigenvalue weighted by atomic mass is 10.00. The Hall–Kier alpha value is -2.70. The summed E-state index contributed by atoms with van der Waals surface area (Å²) in [5, 5.41) is 2.97. The van der Waals surface area contributed by atoms with Gasteiger partial charge < -0.3 is 15.1 Å². The predicted molar refractivity (Wildman–Crippen MR) is 127 cm³/mol. The standard InChI is InChI=1S/C25H36FN5O/c1-6-18(5)23-28-22(7-2)20(16-19-10-8-9-11-21(19)26)24(29-23)30-12-14-31(15-13-30)25(32)27-17(3)4/h8-11,17-18H,6-7,12-16H2,1-5H3,(H,27,32)/t18-/m1/s1. The third-order valence-corrected chi connectivity index (χ3v) is 6.08. The minimum absolute atomic E-state index is 0.0246. The second-order valence-electron chi connectivity index (χ2n) is 8.84. The fourth-order valence-electron chi connectivity index (χ4n) is 3.97. The summed E-state index contributed by atoms with van der Waals surface area (Å²) in [5.74, 6) is 1.78. The van der Waals surface area contributed by atoms with E-state index in [1.165, 1.54) is 6.07 Å². The first-order chi connectivity index (χ1) is 15.3. The van der Waals surface area contributed by atoms with Gasteiger partial charge in [-0.2, -0.15) is 0 Å². The number of carbonyl (C=O) groups excluding carboxylic acids is 1. The molecule has 0 spiro atoms. The molecule has 1 atom stereocenters. The summed E-state index contributed by atoms with van der Waals surface area (Å²) in [7, 11) is 0. The molecule has 3 rings (SSSR count). The molecule has 7 heteroatoms. The Labute approximate surface area is 191 Å². The smallest absolute Gasteiger partial charge is 0.317 e. The summed E-state index contributed by atoms with van der Waals surface area (Å²) < 4.78 is 14.5. The van der Waals surface area contributed by atoms with Crippen molar-refractivity contribution in [1.82, 2.24) is 20.2 Å². The molecule has 1 fully saturated rings. The minimum Gasteiger partial charge on any atom is -0.353 e. The van der Waals surface area contributed by atoms with Gasteiger partial charge in [-0.25, -0.2) is 19.2 Å². The molecular formula is C25H36FN5O. The number of halogens is 1. The number of rotatable bonds is 7. The number of aromatic nitrogens is 2. The maximum Gasteiger partial charge on any atom is 0.317 e. The topological polar surface area (TPSA) is 61.4 Å². The first-order valence-electron chi connectivity index (χ1n) is 11.8. The molecule has 174 valence electrons. The molecule has 1 saturated heterocycles. The molecule has 0 radical (unpaired) electrons. The highest BCUT2D eigenvalue weighted by molar-refractivity contribution is 5.74.